The summed E-state index contributed by atoms with van der Waals surface area (Å²) in [7, 11) is 0. The van der Waals surface area contributed by atoms with Crippen molar-refractivity contribution in [2.75, 3.05) is 6.54 Å². The lowest BCUT2D eigenvalue weighted by Crippen LogP contribution is -2.34. The van der Waals surface area contributed by atoms with Gasteiger partial charge in [-0.05, 0) is 29.9 Å². The van der Waals surface area contributed by atoms with Crippen molar-refractivity contribution in [2.45, 2.75) is 58.5 Å². The van der Waals surface area contributed by atoms with Crippen LogP contribution < -0.4 is 0 Å². The Hall–Kier alpha value is -1.20. The molecule has 1 aliphatic rings. The molecule has 4 nitrogen and oxygen atoms in total. The van der Waals surface area contributed by atoms with Gasteiger partial charge in [0.1, 0.15) is 0 Å². The Balaban J connectivity index is 1.77. The van der Waals surface area contributed by atoms with Crippen molar-refractivity contribution in [2.24, 2.45) is 0 Å². The lowest BCUT2D eigenvalue weighted by atomic mass is 9.97. The summed E-state index contributed by atoms with van der Waals surface area (Å²) in [5.41, 5.74) is 1.40. The van der Waals surface area contributed by atoms with E-state index < -0.39 is 0 Å². The SMILES string of the molecule is CCC1c2ccsc2CCN1Cc1nnc(C(C)(C)C)o1. The highest BCUT2D eigenvalue weighted by molar-refractivity contribution is 7.10. The van der Waals surface area contributed by atoms with Crippen LogP contribution in [0.3, 0.4) is 0 Å². The zero-order valence-corrected chi connectivity index (χ0v) is 14.0. The van der Waals surface area contributed by atoms with Crippen molar-refractivity contribution in [3.8, 4) is 0 Å². The number of hydrogen-bond donors (Lipinski definition) is 0. The van der Waals surface area contributed by atoms with Crippen LogP contribution in [-0.2, 0) is 18.4 Å². The van der Waals surface area contributed by atoms with E-state index in [1.54, 1.807) is 4.88 Å². The summed E-state index contributed by atoms with van der Waals surface area (Å²) in [5.74, 6) is 1.45. The molecule has 2 aromatic heterocycles. The summed E-state index contributed by atoms with van der Waals surface area (Å²) in [5, 5.41) is 10.6. The van der Waals surface area contributed by atoms with E-state index in [0.717, 1.165) is 37.7 Å². The zero-order valence-electron chi connectivity index (χ0n) is 13.2. The van der Waals surface area contributed by atoms with Gasteiger partial charge in [0.25, 0.3) is 0 Å². The Morgan fingerprint density at radius 1 is 1.38 bits per heavy atom. The average Bonchev–Trinajstić information content (AvgIpc) is 3.06. The predicted octanol–water partition coefficient (Wildman–Crippen LogP) is 3.94. The van der Waals surface area contributed by atoms with E-state index in [1.165, 1.54) is 5.56 Å². The third kappa shape index (κ3) is 2.90. The maximum absolute atomic E-state index is 5.85. The first-order valence-electron chi connectivity index (χ1n) is 7.62. The number of aromatic nitrogens is 2. The molecule has 0 aromatic carbocycles. The Bertz CT molecular complexity index is 611. The molecule has 1 unspecified atom stereocenters. The normalized spacial score (nSPS) is 19.7. The summed E-state index contributed by atoms with van der Waals surface area (Å²) in [6.45, 7) is 10.3. The van der Waals surface area contributed by atoms with Gasteiger partial charge >= 0.3 is 0 Å². The summed E-state index contributed by atoms with van der Waals surface area (Å²) >= 11 is 1.88. The van der Waals surface area contributed by atoms with Crippen molar-refractivity contribution in [1.29, 1.82) is 0 Å². The largest absolute Gasteiger partial charge is 0.423 e. The van der Waals surface area contributed by atoms with Gasteiger partial charge < -0.3 is 4.42 Å². The molecule has 0 radical (unpaired) electrons. The lowest BCUT2D eigenvalue weighted by Gasteiger charge is -2.34. The smallest absolute Gasteiger partial charge is 0.230 e. The van der Waals surface area contributed by atoms with E-state index in [4.69, 9.17) is 4.42 Å². The molecule has 0 amide bonds. The minimum absolute atomic E-state index is 0.0855. The Morgan fingerprint density at radius 2 is 2.19 bits per heavy atom. The second-order valence-electron chi connectivity index (χ2n) is 6.69. The van der Waals surface area contributed by atoms with Gasteiger partial charge in [-0.1, -0.05) is 27.7 Å². The van der Waals surface area contributed by atoms with Crippen LogP contribution in [-0.4, -0.2) is 21.6 Å². The van der Waals surface area contributed by atoms with E-state index in [1.807, 2.05) is 11.3 Å². The van der Waals surface area contributed by atoms with E-state index in [9.17, 15) is 0 Å². The van der Waals surface area contributed by atoms with Crippen LogP contribution in [0.4, 0.5) is 0 Å². The van der Waals surface area contributed by atoms with Gasteiger partial charge in [-0.15, -0.1) is 21.5 Å². The first-order chi connectivity index (χ1) is 9.99. The number of fused-ring (bicyclic) bond motifs is 1. The second kappa shape index (κ2) is 5.54. The lowest BCUT2D eigenvalue weighted by molar-refractivity contribution is 0.155. The first-order valence-corrected chi connectivity index (χ1v) is 8.50. The van der Waals surface area contributed by atoms with Crippen LogP contribution in [0.25, 0.3) is 0 Å². The second-order valence-corrected chi connectivity index (χ2v) is 7.70. The minimum atomic E-state index is -0.0855. The van der Waals surface area contributed by atoms with E-state index in [-0.39, 0.29) is 5.41 Å². The van der Waals surface area contributed by atoms with Gasteiger partial charge in [0.2, 0.25) is 11.8 Å². The van der Waals surface area contributed by atoms with Crippen LogP contribution in [0.15, 0.2) is 15.9 Å². The van der Waals surface area contributed by atoms with Crippen LogP contribution in [0.1, 0.15) is 62.4 Å². The maximum Gasteiger partial charge on any atom is 0.230 e. The molecule has 0 spiro atoms. The molecule has 0 saturated carbocycles. The quantitative estimate of drug-likeness (QED) is 0.861. The Morgan fingerprint density at radius 3 is 2.86 bits per heavy atom. The molecular weight excluding hydrogens is 282 g/mol. The van der Waals surface area contributed by atoms with Gasteiger partial charge in [0.05, 0.1) is 6.54 Å². The maximum atomic E-state index is 5.85. The molecule has 21 heavy (non-hydrogen) atoms. The molecule has 0 saturated heterocycles. The molecule has 114 valence electrons. The molecule has 0 fully saturated rings. The van der Waals surface area contributed by atoms with Crippen molar-refractivity contribution in [1.82, 2.24) is 15.1 Å². The Labute approximate surface area is 130 Å². The molecule has 3 rings (SSSR count). The van der Waals surface area contributed by atoms with E-state index >= 15 is 0 Å². The standard InChI is InChI=1S/C16H23N3OS/c1-5-12-11-7-9-21-13(11)6-8-19(12)10-14-17-18-15(20-14)16(2,3)4/h7,9,12H,5-6,8,10H2,1-4H3. The highest BCUT2D eigenvalue weighted by atomic mass is 32.1. The molecule has 0 aliphatic carbocycles. The van der Waals surface area contributed by atoms with Gasteiger partial charge in [0.15, 0.2) is 0 Å². The van der Waals surface area contributed by atoms with Gasteiger partial charge in [-0.25, -0.2) is 0 Å². The third-order valence-electron chi connectivity index (χ3n) is 4.04. The predicted molar refractivity (Wildman–Crippen MR) is 84.5 cm³/mol. The summed E-state index contributed by atoms with van der Waals surface area (Å²) in [6, 6.07) is 2.75. The summed E-state index contributed by atoms with van der Waals surface area (Å²) in [4.78, 5) is 4.01. The first kappa shape index (κ1) is 14.7. The van der Waals surface area contributed by atoms with E-state index in [0.29, 0.717) is 6.04 Å². The van der Waals surface area contributed by atoms with Crippen LogP contribution in [0.5, 0.6) is 0 Å². The highest BCUT2D eigenvalue weighted by Crippen LogP contribution is 2.36. The topological polar surface area (TPSA) is 42.2 Å². The van der Waals surface area contributed by atoms with Crippen molar-refractivity contribution >= 4 is 11.3 Å². The molecule has 5 heteroatoms. The van der Waals surface area contributed by atoms with Gasteiger partial charge in [0, 0.05) is 22.9 Å². The van der Waals surface area contributed by atoms with Crippen LogP contribution in [0, 0.1) is 0 Å². The number of rotatable bonds is 3. The summed E-state index contributed by atoms with van der Waals surface area (Å²) < 4.78 is 5.85. The molecule has 0 N–H and O–H groups in total. The fourth-order valence-corrected chi connectivity index (χ4v) is 3.84. The minimum Gasteiger partial charge on any atom is -0.423 e. The molecule has 2 aromatic rings. The van der Waals surface area contributed by atoms with Gasteiger partial charge in [-0.2, -0.15) is 0 Å². The fourth-order valence-electron chi connectivity index (χ4n) is 2.91. The van der Waals surface area contributed by atoms with Crippen LogP contribution >= 0.6 is 11.3 Å². The average molecular weight is 305 g/mol. The van der Waals surface area contributed by atoms with Crippen molar-refractivity contribution in [3.05, 3.63) is 33.7 Å². The van der Waals surface area contributed by atoms with E-state index in [2.05, 4.69) is 54.2 Å². The van der Waals surface area contributed by atoms with Crippen LogP contribution in [0.2, 0.25) is 0 Å². The monoisotopic (exact) mass is 305 g/mol. The molecule has 0 bridgehead atoms. The molecule has 3 heterocycles. The number of nitrogens with zero attached hydrogens (tertiary/aromatic N) is 3. The number of hydrogen-bond acceptors (Lipinski definition) is 5. The molecule has 1 aliphatic heterocycles. The van der Waals surface area contributed by atoms with Gasteiger partial charge in [-0.3, -0.25) is 4.90 Å². The zero-order chi connectivity index (χ0) is 15.0. The molecule has 1 atom stereocenters. The fraction of sp³-hybridized carbons (Fsp3) is 0.625. The number of thiophene rings is 1. The third-order valence-corrected chi connectivity index (χ3v) is 5.04. The Kier molecular flexibility index (Phi) is 3.88. The highest BCUT2D eigenvalue weighted by Gasteiger charge is 2.29. The van der Waals surface area contributed by atoms with Crippen molar-refractivity contribution in [3.63, 3.8) is 0 Å². The summed E-state index contributed by atoms with van der Waals surface area (Å²) in [6.07, 6.45) is 2.24. The van der Waals surface area contributed by atoms with Crippen molar-refractivity contribution < 1.29 is 4.42 Å². The molecular formula is C16H23N3OS.